The number of hydrogen-bond acceptors (Lipinski definition) is 4. The van der Waals surface area contributed by atoms with Gasteiger partial charge in [-0.05, 0) is 32.7 Å². The number of nitrogens with zero attached hydrogens (tertiary/aromatic N) is 3. The van der Waals surface area contributed by atoms with Crippen LogP contribution in [-0.2, 0) is 0 Å². The summed E-state index contributed by atoms with van der Waals surface area (Å²) in [5.41, 5.74) is 0. The van der Waals surface area contributed by atoms with E-state index < -0.39 is 0 Å². The van der Waals surface area contributed by atoms with Crippen LogP contribution in [0.25, 0.3) is 0 Å². The van der Waals surface area contributed by atoms with Crippen molar-refractivity contribution < 1.29 is 0 Å². The van der Waals surface area contributed by atoms with Crippen molar-refractivity contribution in [3.8, 4) is 0 Å². The SMILES string of the molecule is Cc1nc(Cl)cc(NC2CCN3CCCC23)n1. The Kier molecular flexibility index (Phi) is 2.92. The molecule has 3 heterocycles. The summed E-state index contributed by atoms with van der Waals surface area (Å²) in [7, 11) is 0. The molecule has 2 atom stereocenters. The Balaban J connectivity index is 1.74. The lowest BCUT2D eigenvalue weighted by Crippen LogP contribution is -2.34. The summed E-state index contributed by atoms with van der Waals surface area (Å²) in [6.07, 6.45) is 3.83. The highest BCUT2D eigenvalue weighted by Gasteiger charge is 2.37. The van der Waals surface area contributed by atoms with Gasteiger partial charge in [0.15, 0.2) is 0 Å². The lowest BCUT2D eigenvalue weighted by atomic mass is 10.1. The summed E-state index contributed by atoms with van der Waals surface area (Å²) in [6.45, 7) is 4.33. The van der Waals surface area contributed by atoms with Crippen LogP contribution in [0.5, 0.6) is 0 Å². The summed E-state index contributed by atoms with van der Waals surface area (Å²) < 4.78 is 0. The molecule has 0 bridgehead atoms. The van der Waals surface area contributed by atoms with Crippen molar-refractivity contribution in [1.29, 1.82) is 0 Å². The Morgan fingerprint density at radius 1 is 1.35 bits per heavy atom. The summed E-state index contributed by atoms with van der Waals surface area (Å²) in [6, 6.07) is 3.01. The third kappa shape index (κ3) is 2.24. The Labute approximate surface area is 106 Å². The maximum Gasteiger partial charge on any atom is 0.134 e. The zero-order valence-corrected chi connectivity index (χ0v) is 10.7. The maximum atomic E-state index is 5.95. The predicted molar refractivity (Wildman–Crippen MR) is 68.4 cm³/mol. The minimum atomic E-state index is 0.515. The number of rotatable bonds is 2. The molecule has 0 aromatic carbocycles. The Morgan fingerprint density at radius 3 is 3.06 bits per heavy atom. The molecule has 0 aliphatic carbocycles. The first-order valence-electron chi connectivity index (χ1n) is 6.24. The van der Waals surface area contributed by atoms with Crippen LogP contribution >= 0.6 is 11.6 Å². The Hall–Kier alpha value is -0.870. The van der Waals surface area contributed by atoms with Gasteiger partial charge in [-0.1, -0.05) is 11.6 Å². The number of nitrogens with one attached hydrogen (secondary N) is 1. The molecule has 0 amide bonds. The van der Waals surface area contributed by atoms with E-state index in [1.54, 1.807) is 0 Å². The second kappa shape index (κ2) is 4.42. The summed E-state index contributed by atoms with van der Waals surface area (Å²) in [4.78, 5) is 11.0. The molecule has 4 nitrogen and oxygen atoms in total. The monoisotopic (exact) mass is 252 g/mol. The molecule has 5 heteroatoms. The average Bonchev–Trinajstić information content (AvgIpc) is 2.81. The first-order valence-corrected chi connectivity index (χ1v) is 6.62. The van der Waals surface area contributed by atoms with Gasteiger partial charge in [0.05, 0.1) is 0 Å². The summed E-state index contributed by atoms with van der Waals surface area (Å²) in [5, 5.41) is 4.03. The molecule has 2 fully saturated rings. The summed E-state index contributed by atoms with van der Waals surface area (Å²) >= 11 is 5.95. The molecular formula is C12H17ClN4. The van der Waals surface area contributed by atoms with Crippen LogP contribution in [0.15, 0.2) is 6.07 Å². The van der Waals surface area contributed by atoms with Crippen LogP contribution in [0, 0.1) is 6.92 Å². The number of anilines is 1. The first kappa shape index (κ1) is 11.2. The smallest absolute Gasteiger partial charge is 0.134 e. The van der Waals surface area contributed by atoms with E-state index in [0.29, 0.717) is 17.2 Å². The van der Waals surface area contributed by atoms with Crippen molar-refractivity contribution >= 4 is 17.4 Å². The molecule has 92 valence electrons. The molecule has 2 aliphatic heterocycles. The topological polar surface area (TPSA) is 41.1 Å². The first-order chi connectivity index (χ1) is 8.22. The molecule has 2 unspecified atom stereocenters. The van der Waals surface area contributed by atoms with E-state index in [1.807, 2.05) is 13.0 Å². The maximum absolute atomic E-state index is 5.95. The number of aryl methyl sites for hydroxylation is 1. The van der Waals surface area contributed by atoms with E-state index in [9.17, 15) is 0 Å². The van der Waals surface area contributed by atoms with Crippen LogP contribution in [0.2, 0.25) is 5.15 Å². The van der Waals surface area contributed by atoms with Gasteiger partial charge < -0.3 is 5.32 Å². The van der Waals surface area contributed by atoms with E-state index in [2.05, 4.69) is 20.2 Å². The molecule has 1 N–H and O–H groups in total. The van der Waals surface area contributed by atoms with Crippen molar-refractivity contribution in [2.24, 2.45) is 0 Å². The molecule has 2 aliphatic rings. The van der Waals surface area contributed by atoms with Crippen LogP contribution < -0.4 is 5.32 Å². The van der Waals surface area contributed by atoms with Crippen molar-refractivity contribution in [1.82, 2.24) is 14.9 Å². The standard InChI is InChI=1S/C12H17ClN4/c1-8-14-11(13)7-12(15-8)16-9-4-6-17-5-2-3-10(9)17/h7,9-10H,2-6H2,1H3,(H,14,15,16). The molecule has 17 heavy (non-hydrogen) atoms. The second-order valence-corrected chi connectivity index (χ2v) is 5.30. The highest BCUT2D eigenvalue weighted by Crippen LogP contribution is 2.29. The van der Waals surface area contributed by atoms with Gasteiger partial charge in [0.1, 0.15) is 16.8 Å². The van der Waals surface area contributed by atoms with Gasteiger partial charge in [0.2, 0.25) is 0 Å². The zero-order valence-electron chi connectivity index (χ0n) is 9.99. The molecule has 1 aromatic heterocycles. The van der Waals surface area contributed by atoms with E-state index in [0.717, 1.165) is 11.6 Å². The van der Waals surface area contributed by atoms with Gasteiger partial charge in [-0.2, -0.15) is 0 Å². The van der Waals surface area contributed by atoms with Crippen molar-refractivity contribution in [2.75, 3.05) is 18.4 Å². The van der Waals surface area contributed by atoms with E-state index >= 15 is 0 Å². The molecule has 0 spiro atoms. The van der Waals surface area contributed by atoms with Gasteiger partial charge in [-0.3, -0.25) is 4.90 Å². The highest BCUT2D eigenvalue weighted by molar-refractivity contribution is 6.29. The fourth-order valence-electron chi connectivity index (χ4n) is 3.05. The Morgan fingerprint density at radius 2 is 2.24 bits per heavy atom. The number of halogens is 1. The van der Waals surface area contributed by atoms with Gasteiger partial charge in [-0.15, -0.1) is 0 Å². The van der Waals surface area contributed by atoms with Crippen LogP contribution in [-0.4, -0.2) is 40.0 Å². The normalized spacial score (nSPS) is 28.4. The lowest BCUT2D eigenvalue weighted by molar-refractivity contribution is 0.318. The number of fused-ring (bicyclic) bond motifs is 1. The van der Waals surface area contributed by atoms with Crippen molar-refractivity contribution in [3.63, 3.8) is 0 Å². The zero-order chi connectivity index (χ0) is 11.8. The second-order valence-electron chi connectivity index (χ2n) is 4.91. The average molecular weight is 253 g/mol. The highest BCUT2D eigenvalue weighted by atomic mass is 35.5. The third-order valence-corrected chi connectivity index (χ3v) is 3.94. The van der Waals surface area contributed by atoms with Crippen LogP contribution in [0.4, 0.5) is 5.82 Å². The summed E-state index contributed by atoms with van der Waals surface area (Å²) in [5.74, 6) is 1.59. The minimum absolute atomic E-state index is 0.515. The van der Waals surface area contributed by atoms with Gasteiger partial charge in [-0.25, -0.2) is 9.97 Å². The largest absolute Gasteiger partial charge is 0.366 e. The third-order valence-electron chi connectivity index (χ3n) is 3.75. The molecule has 3 rings (SSSR count). The molecule has 1 aromatic rings. The predicted octanol–water partition coefficient (Wildman–Crippen LogP) is 2.09. The van der Waals surface area contributed by atoms with Crippen molar-refractivity contribution in [3.05, 3.63) is 17.0 Å². The van der Waals surface area contributed by atoms with Crippen molar-refractivity contribution in [2.45, 2.75) is 38.3 Å². The van der Waals surface area contributed by atoms with E-state index in [4.69, 9.17) is 11.6 Å². The van der Waals surface area contributed by atoms with E-state index in [-0.39, 0.29) is 0 Å². The van der Waals surface area contributed by atoms with Gasteiger partial charge in [0.25, 0.3) is 0 Å². The molecular weight excluding hydrogens is 236 g/mol. The lowest BCUT2D eigenvalue weighted by Gasteiger charge is -2.21. The van der Waals surface area contributed by atoms with Gasteiger partial charge in [0, 0.05) is 24.7 Å². The fraction of sp³-hybridized carbons (Fsp3) is 0.667. The number of aromatic nitrogens is 2. The van der Waals surface area contributed by atoms with Gasteiger partial charge >= 0.3 is 0 Å². The Bertz CT molecular complexity index is 403. The minimum Gasteiger partial charge on any atom is -0.366 e. The van der Waals surface area contributed by atoms with Crippen LogP contribution in [0.3, 0.4) is 0 Å². The molecule has 0 radical (unpaired) electrons. The van der Waals surface area contributed by atoms with Crippen LogP contribution in [0.1, 0.15) is 25.1 Å². The fourth-order valence-corrected chi connectivity index (χ4v) is 3.27. The quantitative estimate of drug-likeness (QED) is 0.819. The molecule has 2 saturated heterocycles. The molecule has 0 saturated carbocycles. The number of hydrogen-bond donors (Lipinski definition) is 1. The van der Waals surface area contributed by atoms with E-state index in [1.165, 1.54) is 32.4 Å².